The molecular weight excluding hydrogens is 855 g/mol. The highest BCUT2D eigenvalue weighted by atomic mass is 35.5. The normalized spacial score (nSPS) is 11.8. The van der Waals surface area contributed by atoms with Crippen LogP contribution < -0.4 is 18.9 Å². The third kappa shape index (κ3) is 11.2. The lowest BCUT2D eigenvalue weighted by atomic mass is 9.85. The Labute approximate surface area is 381 Å². The van der Waals surface area contributed by atoms with Gasteiger partial charge in [0, 0.05) is 48.0 Å². The van der Waals surface area contributed by atoms with Gasteiger partial charge in [0.1, 0.15) is 61.6 Å². The molecule has 0 fully saturated rings. The van der Waals surface area contributed by atoms with E-state index in [9.17, 15) is 30.3 Å². The van der Waals surface area contributed by atoms with Gasteiger partial charge >= 0.3 is 5.97 Å². The molecule has 0 radical (unpaired) electrons. The van der Waals surface area contributed by atoms with Gasteiger partial charge in [-0.15, -0.1) is 0 Å². The summed E-state index contributed by atoms with van der Waals surface area (Å²) in [5.74, 6) is 0.0310. The smallest absolute Gasteiger partial charge is 0.311 e. The van der Waals surface area contributed by atoms with Crippen molar-refractivity contribution in [1.82, 2.24) is 9.97 Å². The van der Waals surface area contributed by atoms with Gasteiger partial charge in [0.05, 0.1) is 38.8 Å². The van der Waals surface area contributed by atoms with E-state index in [1.54, 1.807) is 42.7 Å². The highest BCUT2D eigenvalue weighted by Crippen LogP contribution is 2.38. The van der Waals surface area contributed by atoms with Crippen LogP contribution in [-0.2, 0) is 37.6 Å². The number of carbonyl (C=O) groups is 2. The molecule has 12 nitrogen and oxygen atoms in total. The predicted octanol–water partition coefficient (Wildman–Crippen LogP) is 10.3. The molecule has 2 N–H and O–H groups in total. The molecular formula is C50H44Cl2N4O8. The second kappa shape index (κ2) is 20.9. The quantitative estimate of drug-likeness (QED) is 0.0734. The monoisotopic (exact) mass is 898 g/mol. The van der Waals surface area contributed by atoms with Crippen molar-refractivity contribution in [3.8, 4) is 46.3 Å². The Bertz CT molecular complexity index is 2800. The summed E-state index contributed by atoms with van der Waals surface area (Å²) in [5.41, 5.74) is 7.39. The van der Waals surface area contributed by atoms with Gasteiger partial charge in [-0.05, 0) is 104 Å². The Morgan fingerprint density at radius 2 is 1.16 bits per heavy atom. The van der Waals surface area contributed by atoms with Gasteiger partial charge in [-0.1, -0.05) is 59.6 Å². The van der Waals surface area contributed by atoms with Crippen molar-refractivity contribution in [3.05, 3.63) is 163 Å². The van der Waals surface area contributed by atoms with Crippen molar-refractivity contribution in [2.45, 2.75) is 67.0 Å². The van der Waals surface area contributed by atoms with Crippen LogP contribution >= 0.6 is 23.2 Å². The van der Waals surface area contributed by atoms with Gasteiger partial charge in [0.15, 0.2) is 5.78 Å². The van der Waals surface area contributed by atoms with Gasteiger partial charge in [-0.3, -0.25) is 19.6 Å². The number of aliphatic hydroxyl groups is 1. The molecule has 0 unspecified atom stereocenters. The van der Waals surface area contributed by atoms with Crippen LogP contribution in [0.4, 0.5) is 0 Å². The number of ether oxygens (including phenoxy) is 4. The van der Waals surface area contributed by atoms with Gasteiger partial charge < -0.3 is 29.2 Å². The summed E-state index contributed by atoms with van der Waals surface area (Å²) in [7, 11) is 0. The van der Waals surface area contributed by atoms with Crippen LogP contribution in [0.15, 0.2) is 97.6 Å². The molecule has 64 heavy (non-hydrogen) atoms. The fraction of sp³-hybridized carbons (Fsp3) is 0.240. The zero-order chi connectivity index (χ0) is 46.0. The highest BCUT2D eigenvalue weighted by Gasteiger charge is 2.32. The largest absolute Gasteiger partial charge is 0.488 e. The van der Waals surface area contributed by atoms with E-state index in [1.807, 2.05) is 50.2 Å². The molecule has 2 aromatic heterocycles. The van der Waals surface area contributed by atoms with Crippen molar-refractivity contribution in [2.24, 2.45) is 5.41 Å². The van der Waals surface area contributed by atoms with E-state index >= 15 is 0 Å². The first-order valence-electron chi connectivity index (χ1n) is 20.1. The van der Waals surface area contributed by atoms with Crippen molar-refractivity contribution in [3.63, 3.8) is 0 Å². The molecule has 0 aliphatic carbocycles. The third-order valence-electron chi connectivity index (χ3n) is 10.9. The molecule has 0 aliphatic rings. The number of halogens is 2. The number of carboxylic acid groups (broad SMARTS) is 1. The minimum Gasteiger partial charge on any atom is -0.488 e. The van der Waals surface area contributed by atoms with Crippen LogP contribution in [0.3, 0.4) is 0 Å². The first kappa shape index (κ1) is 46.5. The Hall–Kier alpha value is -6.96. The molecule has 4 aromatic carbocycles. The Morgan fingerprint density at radius 3 is 1.64 bits per heavy atom. The fourth-order valence-electron chi connectivity index (χ4n) is 6.87. The number of nitriles is 2. The molecule has 2 heterocycles. The number of carbonyl (C=O) groups excluding carboxylic acids is 1. The summed E-state index contributed by atoms with van der Waals surface area (Å²) < 4.78 is 24.8. The summed E-state index contributed by atoms with van der Waals surface area (Å²) in [6.07, 6.45) is 6.46. The molecule has 0 saturated carbocycles. The lowest BCUT2D eigenvalue weighted by Gasteiger charge is -2.23. The Balaban J connectivity index is 1.20. The number of ketones is 1. The number of aliphatic hydroxyl groups excluding tert-OH is 1. The summed E-state index contributed by atoms with van der Waals surface area (Å²) in [6.45, 7) is 6.88. The Morgan fingerprint density at radius 1 is 0.672 bits per heavy atom. The van der Waals surface area contributed by atoms with Gasteiger partial charge in [-0.25, -0.2) is 0 Å². The summed E-state index contributed by atoms with van der Waals surface area (Å²) in [4.78, 5) is 32.7. The van der Waals surface area contributed by atoms with E-state index in [-0.39, 0.29) is 55.8 Å². The maximum Gasteiger partial charge on any atom is 0.311 e. The van der Waals surface area contributed by atoms with Crippen LogP contribution in [0.2, 0.25) is 10.0 Å². The first-order valence-corrected chi connectivity index (χ1v) is 20.9. The van der Waals surface area contributed by atoms with Crippen molar-refractivity contribution < 1.29 is 38.7 Å². The summed E-state index contributed by atoms with van der Waals surface area (Å²) >= 11 is 13.4. The molecule has 326 valence electrons. The second-order valence-electron chi connectivity index (χ2n) is 15.5. The lowest BCUT2D eigenvalue weighted by Crippen LogP contribution is -2.32. The number of benzene rings is 4. The molecule has 6 rings (SSSR count). The number of hydrogen-bond acceptors (Lipinski definition) is 11. The number of nitrogens with zero attached hydrogens (tertiary/aromatic N) is 4. The maximum atomic E-state index is 12.5. The minimum absolute atomic E-state index is 0.0730. The number of rotatable bonds is 19. The Kier molecular flexibility index (Phi) is 15.2. The van der Waals surface area contributed by atoms with E-state index in [2.05, 4.69) is 22.1 Å². The molecule has 14 heteroatoms. The second-order valence-corrected chi connectivity index (χ2v) is 16.3. The van der Waals surface area contributed by atoms with Gasteiger partial charge in [0.2, 0.25) is 0 Å². The minimum atomic E-state index is -1.37. The molecule has 6 aromatic rings. The van der Waals surface area contributed by atoms with Crippen LogP contribution in [0.25, 0.3) is 11.1 Å². The third-order valence-corrected chi connectivity index (χ3v) is 11.5. The van der Waals surface area contributed by atoms with E-state index in [1.165, 1.54) is 32.3 Å². The van der Waals surface area contributed by atoms with E-state index in [4.69, 9.17) is 42.1 Å². The number of aliphatic carboxylic acids is 1. The topological polar surface area (TPSA) is 185 Å². The maximum absolute atomic E-state index is 12.5. The molecule has 0 aliphatic heterocycles. The average molecular weight is 900 g/mol. The SMILES string of the molecule is CC(=O)c1cc(Cl)c(OCc2cccc(-c3cccc(COc4cc(OCc5cncc(C#N)c5)c(CC[C@](C)(CO)C(=O)O)cc4Cl)c3C)c2C)cc1OCc1cncc(C#N)c1. The van der Waals surface area contributed by atoms with E-state index in [0.29, 0.717) is 55.7 Å². The summed E-state index contributed by atoms with van der Waals surface area (Å²) in [6, 6.07) is 25.9. The standard InChI is InChI=1S/C50H44Cl2N4O8/c1-30-38(27-63-47-17-45(61-25-35-13-33(19-53)21-55-23-35)37(15-43(47)51)11-12-50(4,29-57)49(59)60)7-5-9-40(30)41-10-6-8-39(31(41)2)28-64-48-18-46(42(32(3)58)16-44(48)52)62-26-36-14-34(20-54)22-56-24-36/h5-10,13-18,21-24,57H,11-12,25-29H2,1-4H3,(H,59,60)/t50-/m1/s1. The lowest BCUT2D eigenvalue weighted by molar-refractivity contribution is -0.150. The van der Waals surface area contributed by atoms with Crippen molar-refractivity contribution in [2.75, 3.05) is 6.61 Å². The van der Waals surface area contributed by atoms with Crippen LogP contribution in [0.5, 0.6) is 23.0 Å². The molecule has 0 amide bonds. The van der Waals surface area contributed by atoms with Crippen molar-refractivity contribution in [1.29, 1.82) is 10.5 Å². The fourth-order valence-corrected chi connectivity index (χ4v) is 7.33. The van der Waals surface area contributed by atoms with Gasteiger partial charge in [0.25, 0.3) is 0 Å². The molecule has 0 saturated heterocycles. The summed E-state index contributed by atoms with van der Waals surface area (Å²) in [5, 5.41) is 38.8. The number of carboxylic acids is 1. The highest BCUT2D eigenvalue weighted by molar-refractivity contribution is 6.32. The number of pyridine rings is 2. The van der Waals surface area contributed by atoms with Crippen LogP contribution in [0.1, 0.15) is 80.7 Å². The molecule has 0 spiro atoms. The first-order chi connectivity index (χ1) is 30.7. The number of Topliss-reactive ketones (excluding diaryl/α,β-unsaturated/α-hetero) is 1. The number of aryl methyl sites for hydroxylation is 1. The molecule has 0 bridgehead atoms. The van der Waals surface area contributed by atoms with Crippen LogP contribution in [0, 0.1) is 41.9 Å². The van der Waals surface area contributed by atoms with Gasteiger partial charge in [-0.2, -0.15) is 10.5 Å². The number of aromatic nitrogens is 2. The van der Waals surface area contributed by atoms with Crippen LogP contribution in [-0.4, -0.2) is 38.5 Å². The van der Waals surface area contributed by atoms with Crippen molar-refractivity contribution >= 4 is 35.0 Å². The predicted molar refractivity (Wildman–Crippen MR) is 241 cm³/mol. The molecule has 1 atom stereocenters. The van der Waals surface area contributed by atoms with E-state index < -0.39 is 18.0 Å². The zero-order valence-corrected chi connectivity index (χ0v) is 37.1. The number of hydrogen-bond donors (Lipinski definition) is 2. The zero-order valence-electron chi connectivity index (χ0n) is 35.6. The van der Waals surface area contributed by atoms with E-state index in [0.717, 1.165) is 33.4 Å². The average Bonchev–Trinajstić information content (AvgIpc) is 3.29.